The lowest BCUT2D eigenvalue weighted by atomic mass is 9.85. The molecule has 0 saturated carbocycles. The Kier molecular flexibility index (Phi) is 4.93. The molecule has 0 aliphatic heterocycles. The van der Waals surface area contributed by atoms with Gasteiger partial charge in [-0.1, -0.05) is 45.6 Å². The van der Waals surface area contributed by atoms with E-state index in [1.807, 2.05) is 12.2 Å². The lowest BCUT2D eigenvalue weighted by Crippen LogP contribution is -2.08. The van der Waals surface area contributed by atoms with Gasteiger partial charge in [-0.05, 0) is 24.7 Å². The van der Waals surface area contributed by atoms with E-state index in [9.17, 15) is 0 Å². The van der Waals surface area contributed by atoms with Crippen molar-refractivity contribution < 1.29 is 0 Å². The predicted octanol–water partition coefficient (Wildman–Crippen LogP) is 3.76. The van der Waals surface area contributed by atoms with Gasteiger partial charge in [0.15, 0.2) is 0 Å². The lowest BCUT2D eigenvalue weighted by molar-refractivity contribution is 0.341. The maximum Gasteiger partial charge on any atom is -0.0343 e. The average Bonchev–Trinajstić information content (AvgIpc) is 1.99. The normalized spacial score (nSPS) is 12.3. The van der Waals surface area contributed by atoms with Crippen molar-refractivity contribution in [1.82, 2.24) is 0 Å². The summed E-state index contributed by atoms with van der Waals surface area (Å²) >= 11 is 0. The van der Waals surface area contributed by atoms with Gasteiger partial charge in [-0.25, -0.2) is 0 Å². The summed E-state index contributed by atoms with van der Waals surface area (Å²) in [4.78, 5) is 0. The maximum atomic E-state index is 3.91. The monoisotopic (exact) mass is 151 g/mol. The van der Waals surface area contributed by atoms with Crippen LogP contribution in [0, 0.1) is 12.3 Å². The molecule has 0 fully saturated rings. The van der Waals surface area contributed by atoms with Crippen LogP contribution in [0.5, 0.6) is 0 Å². The Morgan fingerprint density at radius 2 is 2.00 bits per heavy atom. The minimum absolute atomic E-state index is 0.394. The van der Waals surface area contributed by atoms with Crippen molar-refractivity contribution in [2.45, 2.75) is 33.1 Å². The Labute approximate surface area is 71.0 Å². The van der Waals surface area contributed by atoms with E-state index in [1.54, 1.807) is 0 Å². The van der Waals surface area contributed by atoms with Gasteiger partial charge in [0.2, 0.25) is 0 Å². The summed E-state index contributed by atoms with van der Waals surface area (Å²) in [5.74, 6) is 0. The fourth-order valence-electron chi connectivity index (χ4n) is 0.792. The molecule has 0 bridgehead atoms. The van der Waals surface area contributed by atoms with Crippen LogP contribution in [0.1, 0.15) is 33.1 Å². The zero-order chi connectivity index (χ0) is 8.74. The van der Waals surface area contributed by atoms with Gasteiger partial charge in [-0.15, -0.1) is 0 Å². The molecule has 0 aromatic carbocycles. The van der Waals surface area contributed by atoms with E-state index in [1.165, 1.54) is 6.42 Å². The smallest absolute Gasteiger partial charge is 0.0343 e. The Morgan fingerprint density at radius 3 is 2.45 bits per heavy atom. The van der Waals surface area contributed by atoms with E-state index in [0.29, 0.717) is 5.41 Å². The van der Waals surface area contributed by atoms with Crippen LogP contribution in [0.4, 0.5) is 0 Å². The zero-order valence-electron chi connectivity index (χ0n) is 7.77. The summed E-state index contributed by atoms with van der Waals surface area (Å²) in [6.45, 7) is 12.0. The first-order valence-electron chi connectivity index (χ1n) is 4.19. The van der Waals surface area contributed by atoms with Gasteiger partial charge in [0.05, 0.1) is 0 Å². The Balaban J connectivity index is 3.52. The van der Waals surface area contributed by atoms with Crippen molar-refractivity contribution in [3.05, 3.63) is 31.7 Å². The third-order valence-corrected chi connectivity index (χ3v) is 1.94. The van der Waals surface area contributed by atoms with Crippen molar-refractivity contribution in [3.8, 4) is 0 Å². The molecule has 63 valence electrons. The van der Waals surface area contributed by atoms with E-state index < -0.39 is 0 Å². The molecule has 0 heterocycles. The molecule has 0 aliphatic rings. The zero-order valence-corrected chi connectivity index (χ0v) is 7.77. The van der Waals surface area contributed by atoms with E-state index in [0.717, 1.165) is 12.8 Å². The molecule has 0 amide bonds. The molecule has 11 heavy (non-hydrogen) atoms. The Morgan fingerprint density at radius 1 is 1.36 bits per heavy atom. The second kappa shape index (κ2) is 5.17. The van der Waals surface area contributed by atoms with Gasteiger partial charge in [-0.2, -0.15) is 0 Å². The van der Waals surface area contributed by atoms with Crippen LogP contribution in [-0.2, 0) is 0 Å². The minimum atomic E-state index is 0.394. The number of hydrogen-bond acceptors (Lipinski definition) is 0. The standard InChI is InChI=1S/C11H19/c1-5-7-8-9-10-11(3,4)6-2/h5,7-8H,1-2,6,9-10H2,3-4H3. The molecule has 0 rings (SSSR count). The average molecular weight is 151 g/mol. The molecule has 0 spiro atoms. The molecule has 1 radical (unpaired) electrons. The molecular formula is C11H19. The Hall–Kier alpha value is -0.520. The van der Waals surface area contributed by atoms with Crippen LogP contribution in [0.25, 0.3) is 0 Å². The molecule has 0 aromatic heterocycles. The number of hydrogen-bond donors (Lipinski definition) is 0. The third-order valence-electron chi connectivity index (χ3n) is 1.94. The lowest BCUT2D eigenvalue weighted by Gasteiger charge is -2.20. The highest BCUT2D eigenvalue weighted by Crippen LogP contribution is 2.25. The molecule has 0 nitrogen and oxygen atoms in total. The molecule has 0 N–H and O–H groups in total. The van der Waals surface area contributed by atoms with Crippen molar-refractivity contribution in [2.75, 3.05) is 0 Å². The summed E-state index contributed by atoms with van der Waals surface area (Å²) in [7, 11) is 0. The predicted molar refractivity (Wildman–Crippen MR) is 52.3 cm³/mol. The second-order valence-electron chi connectivity index (χ2n) is 3.62. The molecule has 0 aliphatic carbocycles. The van der Waals surface area contributed by atoms with E-state index >= 15 is 0 Å². The molecule has 0 atom stereocenters. The van der Waals surface area contributed by atoms with Crippen LogP contribution in [-0.4, -0.2) is 0 Å². The first kappa shape index (κ1) is 10.5. The third kappa shape index (κ3) is 5.90. The van der Waals surface area contributed by atoms with Gasteiger partial charge >= 0.3 is 0 Å². The molecule has 0 saturated heterocycles. The molecule has 0 aromatic rings. The second-order valence-corrected chi connectivity index (χ2v) is 3.62. The van der Waals surface area contributed by atoms with E-state index in [2.05, 4.69) is 33.4 Å². The van der Waals surface area contributed by atoms with E-state index in [-0.39, 0.29) is 0 Å². The van der Waals surface area contributed by atoms with Gasteiger partial charge in [0.1, 0.15) is 0 Å². The van der Waals surface area contributed by atoms with Crippen molar-refractivity contribution in [2.24, 2.45) is 5.41 Å². The highest BCUT2D eigenvalue weighted by atomic mass is 14.2. The topological polar surface area (TPSA) is 0 Å². The number of allylic oxidation sites excluding steroid dienone is 3. The Bertz CT molecular complexity index is 129. The van der Waals surface area contributed by atoms with Crippen LogP contribution in [0.2, 0.25) is 0 Å². The first-order valence-corrected chi connectivity index (χ1v) is 4.19. The number of rotatable bonds is 5. The summed E-state index contributed by atoms with van der Waals surface area (Å²) < 4.78 is 0. The fourth-order valence-corrected chi connectivity index (χ4v) is 0.792. The largest absolute Gasteiger partial charge is 0.0991 e. The summed E-state index contributed by atoms with van der Waals surface area (Å²) in [5, 5.41) is 0. The minimum Gasteiger partial charge on any atom is -0.0991 e. The SMILES string of the molecule is [CH2]CC(C)(C)CCC=CC=C. The maximum absolute atomic E-state index is 3.91. The van der Waals surface area contributed by atoms with Crippen LogP contribution in [0.15, 0.2) is 24.8 Å². The summed E-state index contributed by atoms with van der Waals surface area (Å²) in [6.07, 6.45) is 9.32. The quantitative estimate of drug-likeness (QED) is 0.525. The van der Waals surface area contributed by atoms with Crippen LogP contribution < -0.4 is 0 Å². The highest BCUT2D eigenvalue weighted by molar-refractivity contribution is 4.97. The highest BCUT2D eigenvalue weighted by Gasteiger charge is 2.12. The van der Waals surface area contributed by atoms with Crippen LogP contribution >= 0.6 is 0 Å². The van der Waals surface area contributed by atoms with Crippen LogP contribution in [0.3, 0.4) is 0 Å². The van der Waals surface area contributed by atoms with Crippen molar-refractivity contribution in [3.63, 3.8) is 0 Å². The van der Waals surface area contributed by atoms with E-state index in [4.69, 9.17) is 0 Å². The van der Waals surface area contributed by atoms with Gasteiger partial charge < -0.3 is 0 Å². The van der Waals surface area contributed by atoms with Gasteiger partial charge in [-0.3, -0.25) is 0 Å². The van der Waals surface area contributed by atoms with Gasteiger partial charge in [0, 0.05) is 0 Å². The van der Waals surface area contributed by atoms with Gasteiger partial charge in [0.25, 0.3) is 0 Å². The van der Waals surface area contributed by atoms with Crippen molar-refractivity contribution in [1.29, 1.82) is 0 Å². The fraction of sp³-hybridized carbons (Fsp3) is 0.545. The first-order chi connectivity index (χ1) is 5.12. The summed E-state index contributed by atoms with van der Waals surface area (Å²) in [5.41, 5.74) is 0.394. The van der Waals surface area contributed by atoms with Crippen molar-refractivity contribution >= 4 is 0 Å². The molecule has 0 unspecified atom stereocenters. The summed E-state index contributed by atoms with van der Waals surface area (Å²) in [6, 6.07) is 0. The molecule has 0 heteroatoms. The molecular weight excluding hydrogens is 132 g/mol.